The second-order valence-corrected chi connectivity index (χ2v) is 8.06. The Bertz CT molecular complexity index is 1150. The van der Waals surface area contributed by atoms with Crippen LogP contribution < -0.4 is 15.8 Å². The molecule has 1 aromatic carbocycles. The van der Waals surface area contributed by atoms with Gasteiger partial charge in [-0.3, -0.25) is 24.6 Å². The quantitative estimate of drug-likeness (QED) is 0.492. The van der Waals surface area contributed by atoms with Gasteiger partial charge in [-0.05, 0) is 53.6 Å². The van der Waals surface area contributed by atoms with Gasteiger partial charge in [-0.1, -0.05) is 45.9 Å². The lowest BCUT2D eigenvalue weighted by Crippen LogP contribution is -2.51. The first-order valence-corrected chi connectivity index (χ1v) is 12.2. The summed E-state index contributed by atoms with van der Waals surface area (Å²) >= 11 is 0. The fourth-order valence-electron chi connectivity index (χ4n) is 3.91. The molecule has 2 aromatic heterocycles. The van der Waals surface area contributed by atoms with Crippen LogP contribution >= 0.6 is 0 Å². The topological polar surface area (TPSA) is 83.3 Å². The molecular formula is C26H35FN6O2. The van der Waals surface area contributed by atoms with Crippen LogP contribution in [0.15, 0.2) is 47.6 Å². The zero-order chi connectivity index (χ0) is 25.4. The van der Waals surface area contributed by atoms with Gasteiger partial charge in [0.05, 0.1) is 24.5 Å². The van der Waals surface area contributed by atoms with Crippen molar-refractivity contribution in [2.24, 2.45) is 4.99 Å². The molecule has 0 saturated heterocycles. The Hall–Kier alpha value is -3.46. The summed E-state index contributed by atoms with van der Waals surface area (Å²) in [5, 5.41) is 4.93. The van der Waals surface area contributed by atoms with E-state index in [4.69, 9.17) is 0 Å². The van der Waals surface area contributed by atoms with Crippen LogP contribution in [0, 0.1) is 6.92 Å². The van der Waals surface area contributed by atoms with Crippen molar-refractivity contribution in [3.05, 3.63) is 65.1 Å². The zero-order valence-electron chi connectivity index (χ0n) is 21.1. The average molecular weight is 483 g/mol. The van der Waals surface area contributed by atoms with E-state index in [1.165, 1.54) is 0 Å². The van der Waals surface area contributed by atoms with Crippen LogP contribution in [0.25, 0.3) is 5.65 Å². The number of carbonyl (C=O) groups is 1. The third-order valence-electron chi connectivity index (χ3n) is 5.73. The van der Waals surface area contributed by atoms with Crippen LogP contribution in [0.1, 0.15) is 61.4 Å². The number of hydrazine groups is 1. The molecule has 0 spiro atoms. The summed E-state index contributed by atoms with van der Waals surface area (Å²) in [4.78, 5) is 25.9. The number of aromatic nitrogens is 2. The van der Waals surface area contributed by atoms with Gasteiger partial charge in [-0.2, -0.15) is 4.94 Å². The number of hydrogen-bond acceptors (Lipinski definition) is 6. The predicted molar refractivity (Wildman–Crippen MR) is 137 cm³/mol. The number of imidazole rings is 1. The molecule has 3 heterocycles. The molecule has 0 bridgehead atoms. The monoisotopic (exact) mass is 482 g/mol. The number of amides is 1. The number of halogens is 1. The molecule has 3 aromatic rings. The Kier molecular flexibility index (Phi) is 9.19. The summed E-state index contributed by atoms with van der Waals surface area (Å²) in [5.74, 6) is 0.335. The minimum absolute atomic E-state index is 0.149. The summed E-state index contributed by atoms with van der Waals surface area (Å²) in [7, 11) is 0. The largest absolute Gasteiger partial charge is 0.347 e. The Labute approximate surface area is 206 Å². The summed E-state index contributed by atoms with van der Waals surface area (Å²) in [6, 6.07) is 11.8. The van der Waals surface area contributed by atoms with Gasteiger partial charge in [0, 0.05) is 12.7 Å². The van der Waals surface area contributed by atoms with Crippen LogP contribution in [-0.4, -0.2) is 40.3 Å². The van der Waals surface area contributed by atoms with Crippen LogP contribution in [0.5, 0.6) is 0 Å². The number of anilines is 1. The molecule has 0 saturated carbocycles. The van der Waals surface area contributed by atoms with Crippen molar-refractivity contribution in [2.45, 2.75) is 60.1 Å². The van der Waals surface area contributed by atoms with Gasteiger partial charge >= 0.3 is 0 Å². The Morgan fingerprint density at radius 1 is 1.20 bits per heavy atom. The summed E-state index contributed by atoms with van der Waals surface area (Å²) < 4.78 is 14.6. The van der Waals surface area contributed by atoms with Gasteiger partial charge in [0.15, 0.2) is 6.10 Å². The minimum atomic E-state index is -0.696. The number of aliphatic imine (C=N–C) groups is 1. The van der Waals surface area contributed by atoms with Gasteiger partial charge < -0.3 is 5.32 Å². The first-order chi connectivity index (χ1) is 17.0. The van der Waals surface area contributed by atoms with E-state index in [0.717, 1.165) is 28.2 Å². The summed E-state index contributed by atoms with van der Waals surface area (Å²) in [6.45, 7) is 11.4. The van der Waals surface area contributed by atoms with Gasteiger partial charge in [-0.25, -0.2) is 4.98 Å². The summed E-state index contributed by atoms with van der Waals surface area (Å²) in [6.07, 6.45) is 2.41. The molecule has 2 N–H and O–H groups in total. The Morgan fingerprint density at radius 2 is 1.94 bits per heavy atom. The third kappa shape index (κ3) is 5.97. The van der Waals surface area contributed by atoms with Crippen molar-refractivity contribution in [1.29, 1.82) is 0 Å². The fourth-order valence-corrected chi connectivity index (χ4v) is 3.91. The van der Waals surface area contributed by atoms with Crippen molar-refractivity contribution in [1.82, 2.24) is 20.1 Å². The maximum Gasteiger partial charge on any atom is 0.270 e. The molecule has 188 valence electrons. The lowest BCUT2D eigenvalue weighted by Gasteiger charge is -2.31. The van der Waals surface area contributed by atoms with Crippen LogP contribution in [0.3, 0.4) is 0 Å². The number of benzene rings is 1. The number of fused-ring (bicyclic) bond motifs is 1. The second-order valence-electron chi connectivity index (χ2n) is 8.06. The van der Waals surface area contributed by atoms with Crippen LogP contribution in [0.2, 0.25) is 0 Å². The highest BCUT2D eigenvalue weighted by atomic mass is 19.3. The molecular weight excluding hydrogens is 447 g/mol. The highest BCUT2D eigenvalue weighted by Gasteiger charge is 2.22. The van der Waals surface area contributed by atoms with E-state index in [1.54, 1.807) is 0 Å². The lowest BCUT2D eigenvalue weighted by molar-refractivity contribution is -0.156. The second kappa shape index (κ2) is 12.3. The normalized spacial score (nSPS) is 14.0. The maximum absolute atomic E-state index is 13.0. The smallest absolute Gasteiger partial charge is 0.270 e. The highest BCUT2D eigenvalue weighted by molar-refractivity contribution is 5.94. The molecule has 4 rings (SSSR count). The molecule has 1 aliphatic heterocycles. The van der Waals surface area contributed by atoms with Gasteiger partial charge in [0.1, 0.15) is 17.2 Å². The van der Waals surface area contributed by atoms with Gasteiger partial charge in [0.25, 0.3) is 5.91 Å². The number of carbonyl (C=O) groups excluding carboxylic acids is 1. The van der Waals surface area contributed by atoms with Crippen LogP contribution in [-0.2, 0) is 17.9 Å². The molecule has 9 heteroatoms. The fraction of sp³-hybridized carbons (Fsp3) is 0.423. The molecule has 1 aliphatic rings. The predicted octanol–water partition coefficient (Wildman–Crippen LogP) is 4.56. The number of pyridine rings is 1. The number of hydrogen-bond donors (Lipinski definition) is 2. The minimum Gasteiger partial charge on any atom is -0.347 e. The SMILES string of the molecule is CC.CCc1nc2ccc(C)cn2c1C(=O)NCc1ccc(N2CCN=C(C(CC)OF)N2)cc1. The van der Waals surface area contributed by atoms with Crippen molar-refractivity contribution < 1.29 is 14.3 Å². The number of amidine groups is 1. The average Bonchev–Trinajstić information content (AvgIpc) is 3.27. The van der Waals surface area contributed by atoms with E-state index in [0.29, 0.717) is 44.0 Å². The van der Waals surface area contributed by atoms with Gasteiger partial charge in [0.2, 0.25) is 0 Å². The lowest BCUT2D eigenvalue weighted by atomic mass is 10.2. The van der Waals surface area contributed by atoms with Crippen molar-refractivity contribution >= 4 is 23.1 Å². The molecule has 0 fully saturated rings. The number of aryl methyl sites for hydroxylation is 2. The van der Waals surface area contributed by atoms with E-state index in [-0.39, 0.29) is 5.91 Å². The van der Waals surface area contributed by atoms with Crippen LogP contribution in [0.4, 0.5) is 10.2 Å². The number of nitrogens with one attached hydrogen (secondary N) is 2. The Morgan fingerprint density at radius 3 is 2.60 bits per heavy atom. The number of nitrogens with zero attached hydrogens (tertiary/aromatic N) is 4. The first kappa shape index (κ1) is 26.2. The molecule has 0 aliphatic carbocycles. The summed E-state index contributed by atoms with van der Waals surface area (Å²) in [5.41, 5.74) is 8.23. The van der Waals surface area contributed by atoms with Gasteiger partial charge in [-0.15, -0.1) is 0 Å². The van der Waals surface area contributed by atoms with Crippen molar-refractivity contribution in [2.75, 3.05) is 18.1 Å². The Balaban J connectivity index is 0.00000167. The molecule has 1 atom stereocenters. The van der Waals surface area contributed by atoms with E-state index in [1.807, 2.05) is 86.6 Å². The number of rotatable bonds is 8. The molecule has 1 unspecified atom stereocenters. The highest BCUT2D eigenvalue weighted by Crippen LogP contribution is 2.18. The van der Waals surface area contributed by atoms with Crippen molar-refractivity contribution in [3.8, 4) is 0 Å². The molecule has 35 heavy (non-hydrogen) atoms. The standard InChI is InChI=1S/C24H29FN6O2.C2H6/c1-4-19-22(30-15-16(3)6-11-21(30)28-19)24(32)27-14-17-7-9-18(10-8-17)31-13-12-26-23(29-31)20(5-2)33-25;1-2/h6-11,15,20H,4-5,12-14H2,1-3H3,(H,26,29)(H,27,32);1-2H3. The van der Waals surface area contributed by atoms with E-state index < -0.39 is 6.10 Å². The van der Waals surface area contributed by atoms with E-state index in [2.05, 4.69) is 25.7 Å². The van der Waals surface area contributed by atoms with E-state index in [9.17, 15) is 9.32 Å². The first-order valence-electron chi connectivity index (χ1n) is 12.2. The third-order valence-corrected chi connectivity index (χ3v) is 5.73. The van der Waals surface area contributed by atoms with Crippen molar-refractivity contribution in [3.63, 3.8) is 0 Å². The maximum atomic E-state index is 13.0. The molecule has 0 radical (unpaired) electrons. The molecule has 8 nitrogen and oxygen atoms in total. The zero-order valence-corrected chi connectivity index (χ0v) is 21.1. The van der Waals surface area contributed by atoms with E-state index >= 15 is 0 Å². The molecule has 1 amide bonds.